The maximum Gasteiger partial charge on any atom is 0.250 e. The highest BCUT2D eigenvalue weighted by Crippen LogP contribution is 2.41. The molecule has 0 aromatic heterocycles. The first-order valence-corrected chi connectivity index (χ1v) is 9.56. The van der Waals surface area contributed by atoms with Gasteiger partial charge in [-0.2, -0.15) is 0 Å². The van der Waals surface area contributed by atoms with Crippen LogP contribution in [0, 0.1) is 0 Å². The summed E-state index contributed by atoms with van der Waals surface area (Å²) in [5, 5.41) is 0. The Morgan fingerprint density at radius 2 is 1.77 bits per heavy atom. The average Bonchev–Trinajstić information content (AvgIpc) is 3.07. The van der Waals surface area contributed by atoms with Gasteiger partial charge in [0.2, 0.25) is 5.91 Å². The van der Waals surface area contributed by atoms with Crippen molar-refractivity contribution in [3.63, 3.8) is 0 Å². The van der Waals surface area contributed by atoms with Crippen molar-refractivity contribution in [1.82, 2.24) is 4.90 Å². The van der Waals surface area contributed by atoms with E-state index in [2.05, 4.69) is 67.8 Å². The van der Waals surface area contributed by atoms with Gasteiger partial charge in [-0.15, -0.1) is 0 Å². The van der Waals surface area contributed by atoms with Crippen LogP contribution >= 0.6 is 0 Å². The zero-order valence-corrected chi connectivity index (χ0v) is 15.9. The Kier molecular flexibility index (Phi) is 5.89. The fourth-order valence-electron chi connectivity index (χ4n) is 3.85. The summed E-state index contributed by atoms with van der Waals surface area (Å²) >= 11 is 0. The second-order valence-corrected chi connectivity index (χ2v) is 6.71. The van der Waals surface area contributed by atoms with E-state index in [1.807, 2.05) is 4.90 Å². The molecule has 0 radical (unpaired) electrons. The SMILES string of the molecule is C=CC(=O)N(CCCN(CC)CC)c1cccc2c1Cc1ccccc1-2. The molecule has 0 heterocycles. The number of hydrogen-bond acceptors (Lipinski definition) is 2. The number of carbonyl (C=O) groups excluding carboxylic acids is 1. The lowest BCUT2D eigenvalue weighted by Crippen LogP contribution is -2.34. The normalized spacial score (nSPS) is 12.0. The van der Waals surface area contributed by atoms with Crippen molar-refractivity contribution >= 4 is 11.6 Å². The van der Waals surface area contributed by atoms with Gasteiger partial charge < -0.3 is 9.80 Å². The smallest absolute Gasteiger partial charge is 0.250 e. The minimum Gasteiger partial charge on any atom is -0.309 e. The minimum atomic E-state index is -0.0195. The molecule has 3 rings (SSSR count). The van der Waals surface area contributed by atoms with Gasteiger partial charge in [-0.1, -0.05) is 56.8 Å². The molecule has 0 saturated heterocycles. The molecule has 26 heavy (non-hydrogen) atoms. The second-order valence-electron chi connectivity index (χ2n) is 6.71. The lowest BCUT2D eigenvalue weighted by molar-refractivity contribution is -0.114. The molecule has 2 aromatic carbocycles. The van der Waals surface area contributed by atoms with Crippen LogP contribution in [-0.2, 0) is 11.2 Å². The number of amides is 1. The quantitative estimate of drug-likeness (QED) is 0.559. The van der Waals surface area contributed by atoms with Crippen LogP contribution in [0.15, 0.2) is 55.1 Å². The number of benzene rings is 2. The van der Waals surface area contributed by atoms with Gasteiger partial charge in [0.15, 0.2) is 0 Å². The van der Waals surface area contributed by atoms with Crippen molar-refractivity contribution in [2.45, 2.75) is 26.7 Å². The van der Waals surface area contributed by atoms with Crippen molar-refractivity contribution in [3.05, 3.63) is 66.2 Å². The molecule has 0 atom stereocenters. The zero-order chi connectivity index (χ0) is 18.5. The van der Waals surface area contributed by atoms with E-state index in [1.165, 1.54) is 28.3 Å². The summed E-state index contributed by atoms with van der Waals surface area (Å²) in [6, 6.07) is 14.8. The molecule has 0 unspecified atom stereocenters. The van der Waals surface area contributed by atoms with Gasteiger partial charge in [0.05, 0.1) is 0 Å². The van der Waals surface area contributed by atoms with Gasteiger partial charge in [0.1, 0.15) is 0 Å². The van der Waals surface area contributed by atoms with Gasteiger partial charge in [-0.25, -0.2) is 0 Å². The number of hydrogen-bond donors (Lipinski definition) is 0. The Labute approximate surface area is 156 Å². The predicted octanol–water partition coefficient (Wildman–Crippen LogP) is 4.51. The minimum absolute atomic E-state index is 0.0195. The lowest BCUT2D eigenvalue weighted by Gasteiger charge is -2.26. The van der Waals surface area contributed by atoms with Crippen LogP contribution in [0.25, 0.3) is 11.1 Å². The van der Waals surface area contributed by atoms with E-state index in [9.17, 15) is 4.79 Å². The van der Waals surface area contributed by atoms with Gasteiger partial charge >= 0.3 is 0 Å². The van der Waals surface area contributed by atoms with Crippen molar-refractivity contribution in [2.75, 3.05) is 31.1 Å². The summed E-state index contributed by atoms with van der Waals surface area (Å²) in [7, 11) is 0. The van der Waals surface area contributed by atoms with Gasteiger partial charge in [0.25, 0.3) is 0 Å². The van der Waals surface area contributed by atoms with E-state index in [4.69, 9.17) is 0 Å². The molecule has 0 aliphatic heterocycles. The van der Waals surface area contributed by atoms with Crippen LogP contribution in [0.4, 0.5) is 5.69 Å². The van der Waals surface area contributed by atoms with E-state index in [0.717, 1.165) is 38.2 Å². The summed E-state index contributed by atoms with van der Waals surface area (Å²) in [4.78, 5) is 16.9. The number of nitrogens with zero attached hydrogens (tertiary/aromatic N) is 2. The molecule has 1 aliphatic rings. The van der Waals surface area contributed by atoms with E-state index in [0.29, 0.717) is 6.54 Å². The first-order chi connectivity index (χ1) is 12.7. The van der Waals surface area contributed by atoms with E-state index in [1.54, 1.807) is 0 Å². The average molecular weight is 348 g/mol. The fourth-order valence-corrected chi connectivity index (χ4v) is 3.85. The third kappa shape index (κ3) is 3.58. The molecule has 1 amide bonds. The fraction of sp³-hybridized carbons (Fsp3) is 0.348. The Morgan fingerprint density at radius 1 is 1.04 bits per heavy atom. The van der Waals surface area contributed by atoms with Gasteiger partial charge in [-0.05, 0) is 60.5 Å². The number of rotatable bonds is 8. The predicted molar refractivity (Wildman–Crippen MR) is 110 cm³/mol. The topological polar surface area (TPSA) is 23.6 Å². The van der Waals surface area contributed by atoms with Crippen LogP contribution < -0.4 is 4.90 Å². The third-order valence-electron chi connectivity index (χ3n) is 5.31. The second kappa shape index (κ2) is 8.33. The maximum absolute atomic E-state index is 12.6. The molecule has 3 heteroatoms. The van der Waals surface area contributed by atoms with Gasteiger partial charge in [0, 0.05) is 18.7 Å². The molecular weight excluding hydrogens is 320 g/mol. The summed E-state index contributed by atoms with van der Waals surface area (Å²) in [6.07, 6.45) is 3.27. The van der Waals surface area contributed by atoms with Crippen molar-refractivity contribution in [2.24, 2.45) is 0 Å². The molecule has 0 bridgehead atoms. The van der Waals surface area contributed by atoms with Crippen LogP contribution in [0.5, 0.6) is 0 Å². The van der Waals surface area contributed by atoms with Crippen LogP contribution in [-0.4, -0.2) is 37.0 Å². The molecule has 2 aromatic rings. The monoisotopic (exact) mass is 348 g/mol. The maximum atomic E-state index is 12.6. The van der Waals surface area contributed by atoms with Crippen LogP contribution in [0.2, 0.25) is 0 Å². The summed E-state index contributed by atoms with van der Waals surface area (Å²) in [5.74, 6) is -0.0195. The first-order valence-electron chi connectivity index (χ1n) is 9.56. The van der Waals surface area contributed by atoms with Crippen LogP contribution in [0.3, 0.4) is 0 Å². The molecular formula is C23H28N2O. The third-order valence-corrected chi connectivity index (χ3v) is 5.31. The molecule has 0 fully saturated rings. The van der Waals surface area contributed by atoms with Gasteiger partial charge in [-0.3, -0.25) is 4.79 Å². The molecule has 136 valence electrons. The van der Waals surface area contributed by atoms with Crippen molar-refractivity contribution in [3.8, 4) is 11.1 Å². The Bertz CT molecular complexity index is 793. The highest BCUT2D eigenvalue weighted by molar-refractivity contribution is 6.02. The Hall–Kier alpha value is -2.39. The summed E-state index contributed by atoms with van der Waals surface area (Å²) in [6.45, 7) is 11.9. The molecule has 0 spiro atoms. The lowest BCUT2D eigenvalue weighted by atomic mass is 10.0. The Morgan fingerprint density at radius 3 is 2.50 bits per heavy atom. The highest BCUT2D eigenvalue weighted by Gasteiger charge is 2.24. The molecule has 3 nitrogen and oxygen atoms in total. The van der Waals surface area contributed by atoms with E-state index in [-0.39, 0.29) is 5.91 Å². The highest BCUT2D eigenvalue weighted by atomic mass is 16.2. The van der Waals surface area contributed by atoms with E-state index >= 15 is 0 Å². The summed E-state index contributed by atoms with van der Waals surface area (Å²) in [5.41, 5.74) is 6.17. The number of carbonyl (C=O) groups is 1. The van der Waals surface area contributed by atoms with Crippen molar-refractivity contribution < 1.29 is 4.79 Å². The standard InChI is InChI=1S/C23H28N2O/c1-4-23(26)25(16-10-15-24(5-2)6-3)22-14-9-13-20-19-12-8-7-11-18(19)17-21(20)22/h4,7-9,11-14H,1,5-6,10,15-17H2,2-3H3. The van der Waals surface area contributed by atoms with E-state index < -0.39 is 0 Å². The van der Waals surface area contributed by atoms with Crippen LogP contribution in [0.1, 0.15) is 31.4 Å². The molecule has 0 N–H and O–H groups in total. The zero-order valence-electron chi connectivity index (χ0n) is 15.9. The molecule has 1 aliphatic carbocycles. The summed E-state index contributed by atoms with van der Waals surface area (Å²) < 4.78 is 0. The number of fused-ring (bicyclic) bond motifs is 3. The van der Waals surface area contributed by atoms with Crippen molar-refractivity contribution in [1.29, 1.82) is 0 Å². The Balaban J connectivity index is 1.87. The number of anilines is 1. The first kappa shape index (κ1) is 18.4. The largest absolute Gasteiger partial charge is 0.309 e. The molecule has 0 saturated carbocycles.